The highest BCUT2D eigenvalue weighted by atomic mass is 17.2. The van der Waals surface area contributed by atoms with Crippen molar-refractivity contribution in [1.29, 1.82) is 5.26 Å². The van der Waals surface area contributed by atoms with E-state index in [0.29, 0.717) is 41.0 Å². The van der Waals surface area contributed by atoms with E-state index in [2.05, 4.69) is 11.4 Å². The third-order valence-corrected chi connectivity index (χ3v) is 8.37. The molecule has 2 amide bonds. The summed E-state index contributed by atoms with van der Waals surface area (Å²) >= 11 is 0. The average molecular weight is 578 g/mol. The van der Waals surface area contributed by atoms with Crippen LogP contribution in [0.5, 0.6) is 11.5 Å². The highest BCUT2D eigenvalue weighted by Gasteiger charge is 2.46. The highest BCUT2D eigenvalue weighted by molar-refractivity contribution is 6.00. The van der Waals surface area contributed by atoms with E-state index >= 15 is 0 Å². The Morgan fingerprint density at radius 1 is 1.21 bits per heavy atom. The maximum Gasteiger partial charge on any atom is 0.251 e. The molecule has 12 heteroatoms. The molecular formula is C30H35N5O7. The summed E-state index contributed by atoms with van der Waals surface area (Å²) in [6, 6.07) is 10.1. The SMILES string of the molecule is CCC1(CC)CC(=O)N([C@H]2c3cc(C(=O)N[C@@H]4c5cc(C#N)ccc5OC[C@@]4(C)O)ccc3OC[C@H]2OOC)C(N)=N1. The fraction of sp³-hybridized carbons (Fsp3) is 0.467. The number of aliphatic hydroxyl groups is 1. The molecule has 222 valence electrons. The maximum absolute atomic E-state index is 13.7. The number of carbonyl (C=O) groups excluding carboxylic acids is 2. The molecule has 4 atom stereocenters. The summed E-state index contributed by atoms with van der Waals surface area (Å²) in [5, 5.41) is 23.4. The first-order valence-corrected chi connectivity index (χ1v) is 13.9. The molecule has 0 unspecified atom stereocenters. The Kier molecular flexibility index (Phi) is 7.85. The molecule has 3 aliphatic heterocycles. The molecule has 2 aromatic carbocycles. The summed E-state index contributed by atoms with van der Waals surface area (Å²) in [5.74, 6) is 0.285. The highest BCUT2D eigenvalue weighted by Crippen LogP contribution is 2.42. The van der Waals surface area contributed by atoms with Gasteiger partial charge in [0.05, 0.1) is 36.7 Å². The van der Waals surface area contributed by atoms with E-state index in [1.54, 1.807) is 43.3 Å². The summed E-state index contributed by atoms with van der Waals surface area (Å²) in [6.45, 7) is 5.53. The van der Waals surface area contributed by atoms with Gasteiger partial charge in [-0.15, -0.1) is 0 Å². The van der Waals surface area contributed by atoms with E-state index < -0.39 is 35.2 Å². The normalized spacial score (nSPS) is 26.1. The number of guanidine groups is 1. The first-order chi connectivity index (χ1) is 20.1. The van der Waals surface area contributed by atoms with E-state index in [0.717, 1.165) is 0 Å². The number of rotatable bonds is 7. The van der Waals surface area contributed by atoms with Crippen LogP contribution in [0.15, 0.2) is 41.4 Å². The van der Waals surface area contributed by atoms with Crippen molar-refractivity contribution in [1.82, 2.24) is 10.2 Å². The fourth-order valence-corrected chi connectivity index (χ4v) is 5.88. The van der Waals surface area contributed by atoms with Crippen molar-refractivity contribution < 1.29 is 33.9 Å². The van der Waals surface area contributed by atoms with Crippen molar-refractivity contribution in [2.24, 2.45) is 10.7 Å². The molecule has 0 bridgehead atoms. The van der Waals surface area contributed by atoms with Gasteiger partial charge in [-0.05, 0) is 56.2 Å². The number of nitriles is 1. The molecule has 5 rings (SSSR count). The predicted octanol–water partition coefficient (Wildman–Crippen LogP) is 2.66. The minimum Gasteiger partial charge on any atom is -0.490 e. The molecule has 4 N–H and O–H groups in total. The number of benzene rings is 2. The summed E-state index contributed by atoms with van der Waals surface area (Å²) in [6.07, 6.45) is 0.731. The second-order valence-corrected chi connectivity index (χ2v) is 11.1. The molecule has 42 heavy (non-hydrogen) atoms. The largest absolute Gasteiger partial charge is 0.490 e. The number of amides is 2. The molecule has 3 aliphatic rings. The van der Waals surface area contributed by atoms with Crippen LogP contribution in [0.1, 0.15) is 79.2 Å². The third-order valence-electron chi connectivity index (χ3n) is 8.37. The smallest absolute Gasteiger partial charge is 0.251 e. The molecular weight excluding hydrogens is 542 g/mol. The molecule has 0 saturated carbocycles. The molecule has 0 radical (unpaired) electrons. The zero-order valence-electron chi connectivity index (χ0n) is 24.0. The first kappa shape index (κ1) is 29.3. The second kappa shape index (κ2) is 11.2. The van der Waals surface area contributed by atoms with Gasteiger partial charge in [0, 0.05) is 16.7 Å². The Morgan fingerprint density at radius 2 is 1.93 bits per heavy atom. The van der Waals surface area contributed by atoms with Crippen molar-refractivity contribution in [3.8, 4) is 17.6 Å². The lowest BCUT2D eigenvalue weighted by molar-refractivity contribution is -0.319. The molecule has 0 aromatic heterocycles. The minimum atomic E-state index is -1.45. The van der Waals surface area contributed by atoms with Crippen molar-refractivity contribution in [2.75, 3.05) is 20.3 Å². The summed E-state index contributed by atoms with van der Waals surface area (Å²) in [7, 11) is 1.36. The molecule has 2 aromatic rings. The molecule has 0 spiro atoms. The molecule has 12 nitrogen and oxygen atoms in total. The van der Waals surface area contributed by atoms with Crippen LogP contribution in [0, 0.1) is 11.3 Å². The first-order valence-electron chi connectivity index (χ1n) is 13.9. The standard InChI is InChI=1S/C30H35N5O7/c1-5-30(6-2)13-24(36)35(28(32)34-30)25-19-12-18(8-10-21(19)40-15-23(25)42-39-4)27(37)33-26-20-11-17(14-31)7-9-22(20)41-16-29(26,3)38/h7-12,23,25-26,38H,5-6,13,15-16H2,1-4H3,(H2,32,34)(H,33,37)/t23-,25+,26-,29-/m1/s1. The monoisotopic (exact) mass is 577 g/mol. The van der Waals surface area contributed by atoms with Crippen LogP contribution >= 0.6 is 0 Å². The lowest BCUT2D eigenvalue weighted by Gasteiger charge is -2.43. The number of carbonyl (C=O) groups is 2. The molecule has 0 saturated heterocycles. The zero-order chi connectivity index (χ0) is 30.2. The second-order valence-electron chi connectivity index (χ2n) is 11.1. The maximum atomic E-state index is 13.7. The van der Waals surface area contributed by atoms with E-state index in [-0.39, 0.29) is 37.1 Å². The van der Waals surface area contributed by atoms with Crippen LogP contribution < -0.4 is 20.5 Å². The topological polar surface area (TPSA) is 169 Å². The van der Waals surface area contributed by atoms with Gasteiger partial charge in [0.1, 0.15) is 36.4 Å². The summed E-state index contributed by atoms with van der Waals surface area (Å²) in [5.41, 5.74) is 6.01. The number of nitrogens with zero attached hydrogens (tertiary/aromatic N) is 3. The van der Waals surface area contributed by atoms with Crippen LogP contribution in [0.3, 0.4) is 0 Å². The third kappa shape index (κ3) is 5.15. The van der Waals surface area contributed by atoms with E-state index in [1.165, 1.54) is 12.0 Å². The van der Waals surface area contributed by atoms with Crippen LogP contribution in [-0.4, -0.2) is 65.3 Å². The Bertz CT molecular complexity index is 1460. The Labute approximate surface area is 243 Å². The average Bonchev–Trinajstić information content (AvgIpc) is 2.98. The van der Waals surface area contributed by atoms with Gasteiger partial charge in [-0.1, -0.05) is 13.8 Å². The number of aliphatic imine (C=N–C) groups is 1. The van der Waals surface area contributed by atoms with Crippen molar-refractivity contribution in [3.05, 3.63) is 58.7 Å². The van der Waals surface area contributed by atoms with Gasteiger partial charge in [0.25, 0.3) is 5.91 Å². The van der Waals surface area contributed by atoms with Crippen molar-refractivity contribution in [3.63, 3.8) is 0 Å². The number of hydrogen-bond donors (Lipinski definition) is 3. The van der Waals surface area contributed by atoms with Crippen molar-refractivity contribution >= 4 is 17.8 Å². The molecule has 3 heterocycles. The number of hydrogen-bond acceptors (Lipinski definition) is 10. The van der Waals surface area contributed by atoms with Gasteiger partial charge in [-0.3, -0.25) is 14.5 Å². The summed E-state index contributed by atoms with van der Waals surface area (Å²) in [4.78, 5) is 43.9. The van der Waals surface area contributed by atoms with E-state index in [4.69, 9.17) is 30.0 Å². The number of nitrogens with two attached hydrogens (primary N) is 1. The molecule has 0 aliphatic carbocycles. The minimum absolute atomic E-state index is 0.0559. The zero-order valence-corrected chi connectivity index (χ0v) is 24.0. The van der Waals surface area contributed by atoms with Gasteiger partial charge in [0.15, 0.2) is 12.1 Å². The summed E-state index contributed by atoms with van der Waals surface area (Å²) < 4.78 is 11.6. The fourth-order valence-electron chi connectivity index (χ4n) is 5.88. The molecule has 0 fully saturated rings. The quantitative estimate of drug-likeness (QED) is 0.331. The number of ether oxygens (including phenoxy) is 2. The Hall–Kier alpha value is -4.18. The van der Waals surface area contributed by atoms with E-state index in [1.807, 2.05) is 13.8 Å². The Morgan fingerprint density at radius 3 is 2.60 bits per heavy atom. The van der Waals surface area contributed by atoms with Crippen LogP contribution in [0.4, 0.5) is 0 Å². The number of fused-ring (bicyclic) bond motifs is 2. The van der Waals surface area contributed by atoms with Gasteiger partial charge in [0.2, 0.25) is 5.91 Å². The van der Waals surface area contributed by atoms with Gasteiger partial charge in [-0.2, -0.15) is 5.26 Å². The van der Waals surface area contributed by atoms with E-state index in [9.17, 15) is 20.0 Å². The van der Waals surface area contributed by atoms with Gasteiger partial charge >= 0.3 is 0 Å². The van der Waals surface area contributed by atoms with Gasteiger partial charge in [-0.25, -0.2) is 14.8 Å². The number of nitrogens with one attached hydrogen (secondary N) is 1. The predicted molar refractivity (Wildman–Crippen MR) is 150 cm³/mol. The van der Waals surface area contributed by atoms with Crippen molar-refractivity contribution in [2.45, 2.75) is 69.4 Å². The van der Waals surface area contributed by atoms with Crippen LogP contribution in [-0.2, 0) is 14.6 Å². The van der Waals surface area contributed by atoms with Crippen LogP contribution in [0.2, 0.25) is 0 Å². The lowest BCUT2D eigenvalue weighted by atomic mass is 9.86. The van der Waals surface area contributed by atoms with Gasteiger partial charge < -0.3 is 25.6 Å². The van der Waals surface area contributed by atoms with Crippen LogP contribution in [0.25, 0.3) is 0 Å². The Balaban J connectivity index is 1.52. The lowest BCUT2D eigenvalue weighted by Crippen LogP contribution is -2.56.